The Bertz CT molecular complexity index is 770. The van der Waals surface area contributed by atoms with Crippen molar-refractivity contribution in [1.82, 2.24) is 9.88 Å². The molecule has 0 spiro atoms. The van der Waals surface area contributed by atoms with Gasteiger partial charge < -0.3 is 15.0 Å². The summed E-state index contributed by atoms with van der Waals surface area (Å²) in [7, 11) is 1.53. The molecule has 25 heavy (non-hydrogen) atoms. The van der Waals surface area contributed by atoms with E-state index in [4.69, 9.17) is 4.74 Å². The fourth-order valence-electron chi connectivity index (χ4n) is 2.87. The van der Waals surface area contributed by atoms with E-state index in [0.717, 1.165) is 25.9 Å². The Morgan fingerprint density at radius 1 is 1.12 bits per heavy atom. The Labute approximate surface area is 146 Å². The Morgan fingerprint density at radius 2 is 1.92 bits per heavy atom. The van der Waals surface area contributed by atoms with Crippen LogP contribution in [0.15, 0.2) is 42.6 Å². The lowest BCUT2D eigenvalue weighted by Gasteiger charge is -2.26. The molecule has 6 nitrogen and oxygen atoms in total. The lowest BCUT2D eigenvalue weighted by molar-refractivity contribution is 0.0724. The topological polar surface area (TPSA) is 71.5 Å². The summed E-state index contributed by atoms with van der Waals surface area (Å²) in [6, 6.07) is 10.2. The van der Waals surface area contributed by atoms with Crippen LogP contribution in [0.25, 0.3) is 0 Å². The number of hydrogen-bond acceptors (Lipinski definition) is 4. The van der Waals surface area contributed by atoms with Crippen molar-refractivity contribution < 1.29 is 14.3 Å². The Balaban J connectivity index is 1.72. The zero-order valence-corrected chi connectivity index (χ0v) is 14.2. The average Bonchev–Trinajstić information content (AvgIpc) is 2.68. The quantitative estimate of drug-likeness (QED) is 0.929. The van der Waals surface area contributed by atoms with Crippen LogP contribution in [0.2, 0.25) is 0 Å². The lowest BCUT2D eigenvalue weighted by Crippen LogP contribution is -2.35. The maximum Gasteiger partial charge on any atom is 0.274 e. The average molecular weight is 339 g/mol. The van der Waals surface area contributed by atoms with E-state index >= 15 is 0 Å². The number of carbonyl (C=O) groups excluding carboxylic acids is 2. The van der Waals surface area contributed by atoms with Crippen LogP contribution < -0.4 is 10.1 Å². The normalized spacial score (nSPS) is 14.0. The van der Waals surface area contributed by atoms with Gasteiger partial charge in [-0.15, -0.1) is 0 Å². The molecular weight excluding hydrogens is 318 g/mol. The first kappa shape index (κ1) is 17.0. The van der Waals surface area contributed by atoms with Crippen molar-refractivity contribution in [1.29, 1.82) is 0 Å². The highest BCUT2D eigenvalue weighted by atomic mass is 16.5. The van der Waals surface area contributed by atoms with E-state index < -0.39 is 0 Å². The van der Waals surface area contributed by atoms with Crippen molar-refractivity contribution in [3.8, 4) is 5.75 Å². The number of ether oxygens (including phenoxy) is 1. The number of methoxy groups -OCH3 is 1. The molecule has 2 heterocycles. The van der Waals surface area contributed by atoms with Gasteiger partial charge in [0.25, 0.3) is 11.8 Å². The number of piperidine rings is 1. The highest BCUT2D eigenvalue weighted by Gasteiger charge is 2.18. The Kier molecular flexibility index (Phi) is 5.28. The first-order valence-electron chi connectivity index (χ1n) is 8.38. The van der Waals surface area contributed by atoms with Gasteiger partial charge in [0.05, 0.1) is 7.11 Å². The number of hydrogen-bond donors (Lipinski definition) is 1. The molecule has 2 aromatic rings. The van der Waals surface area contributed by atoms with Gasteiger partial charge in [0.1, 0.15) is 11.4 Å². The molecule has 1 aromatic heterocycles. The number of likely N-dealkylation sites (tertiary alicyclic amines) is 1. The molecule has 1 aliphatic heterocycles. The fraction of sp³-hybridized carbons (Fsp3) is 0.316. The van der Waals surface area contributed by atoms with Gasteiger partial charge in [-0.3, -0.25) is 14.6 Å². The van der Waals surface area contributed by atoms with E-state index in [-0.39, 0.29) is 17.5 Å². The number of pyridine rings is 1. The molecule has 0 aliphatic carbocycles. The van der Waals surface area contributed by atoms with Crippen LogP contribution in [-0.2, 0) is 0 Å². The molecule has 1 N–H and O–H groups in total. The molecule has 0 bridgehead atoms. The SMILES string of the molecule is COc1ccnc(C(=O)Nc2cccc(C(=O)N3CCCCC3)c2)c1. The molecule has 130 valence electrons. The lowest BCUT2D eigenvalue weighted by atomic mass is 10.1. The third-order valence-corrected chi connectivity index (χ3v) is 4.21. The van der Waals surface area contributed by atoms with Gasteiger partial charge in [-0.05, 0) is 43.5 Å². The van der Waals surface area contributed by atoms with E-state index in [1.807, 2.05) is 4.90 Å². The van der Waals surface area contributed by atoms with Crippen molar-refractivity contribution in [2.45, 2.75) is 19.3 Å². The van der Waals surface area contributed by atoms with E-state index in [1.54, 1.807) is 36.4 Å². The Hall–Kier alpha value is -2.89. The number of benzene rings is 1. The van der Waals surface area contributed by atoms with Crippen molar-refractivity contribution in [2.24, 2.45) is 0 Å². The van der Waals surface area contributed by atoms with Gasteiger partial charge in [0, 0.05) is 36.6 Å². The molecule has 0 saturated carbocycles. The van der Waals surface area contributed by atoms with Crippen molar-refractivity contribution in [3.63, 3.8) is 0 Å². The maximum absolute atomic E-state index is 12.6. The molecule has 0 radical (unpaired) electrons. The summed E-state index contributed by atoms with van der Waals surface area (Å²) in [6.45, 7) is 1.59. The molecule has 6 heteroatoms. The molecular formula is C19H21N3O3. The fourth-order valence-corrected chi connectivity index (χ4v) is 2.87. The molecule has 0 unspecified atom stereocenters. The van der Waals surface area contributed by atoms with E-state index in [0.29, 0.717) is 17.0 Å². The van der Waals surface area contributed by atoms with Crippen LogP contribution in [0, 0.1) is 0 Å². The molecule has 3 rings (SSSR count). The highest BCUT2D eigenvalue weighted by Crippen LogP contribution is 2.17. The summed E-state index contributed by atoms with van der Waals surface area (Å²) in [5.74, 6) is 0.228. The predicted octanol–water partition coefficient (Wildman–Crippen LogP) is 2.97. The van der Waals surface area contributed by atoms with Gasteiger partial charge in [-0.1, -0.05) is 6.07 Å². The van der Waals surface area contributed by atoms with Crippen LogP contribution >= 0.6 is 0 Å². The largest absolute Gasteiger partial charge is 0.497 e. The van der Waals surface area contributed by atoms with Crippen LogP contribution in [-0.4, -0.2) is 41.9 Å². The molecule has 1 fully saturated rings. The summed E-state index contributed by atoms with van der Waals surface area (Å²) in [6.07, 6.45) is 4.78. The van der Waals surface area contributed by atoms with Gasteiger partial charge >= 0.3 is 0 Å². The van der Waals surface area contributed by atoms with Gasteiger partial charge in [-0.2, -0.15) is 0 Å². The molecule has 2 amide bonds. The summed E-state index contributed by atoms with van der Waals surface area (Å²) >= 11 is 0. The summed E-state index contributed by atoms with van der Waals surface area (Å²) in [4.78, 5) is 30.8. The number of anilines is 1. The first-order valence-corrected chi connectivity index (χ1v) is 8.38. The number of rotatable bonds is 4. The number of amides is 2. The van der Waals surface area contributed by atoms with Gasteiger partial charge in [0.2, 0.25) is 0 Å². The van der Waals surface area contributed by atoms with E-state index in [1.165, 1.54) is 19.7 Å². The molecule has 1 aliphatic rings. The van der Waals surface area contributed by atoms with Crippen LogP contribution in [0.3, 0.4) is 0 Å². The standard InChI is InChI=1S/C19H21N3O3/c1-25-16-8-9-20-17(13-16)18(23)21-15-7-5-6-14(12-15)19(24)22-10-3-2-4-11-22/h5-9,12-13H,2-4,10-11H2,1H3,(H,21,23). The summed E-state index contributed by atoms with van der Waals surface area (Å²) in [5, 5.41) is 2.78. The third kappa shape index (κ3) is 4.15. The van der Waals surface area contributed by atoms with Gasteiger partial charge in [-0.25, -0.2) is 0 Å². The third-order valence-electron chi connectivity index (χ3n) is 4.21. The van der Waals surface area contributed by atoms with Crippen LogP contribution in [0.5, 0.6) is 5.75 Å². The number of nitrogens with one attached hydrogen (secondary N) is 1. The predicted molar refractivity (Wildman–Crippen MR) is 94.9 cm³/mol. The molecule has 1 aromatic carbocycles. The number of carbonyl (C=O) groups is 2. The smallest absolute Gasteiger partial charge is 0.274 e. The van der Waals surface area contributed by atoms with Crippen LogP contribution in [0.1, 0.15) is 40.1 Å². The second-order valence-electron chi connectivity index (χ2n) is 5.97. The van der Waals surface area contributed by atoms with Gasteiger partial charge in [0.15, 0.2) is 0 Å². The number of aromatic nitrogens is 1. The van der Waals surface area contributed by atoms with Crippen molar-refractivity contribution in [2.75, 3.05) is 25.5 Å². The number of nitrogens with zero attached hydrogens (tertiary/aromatic N) is 2. The molecule has 1 saturated heterocycles. The van der Waals surface area contributed by atoms with Crippen LogP contribution in [0.4, 0.5) is 5.69 Å². The summed E-state index contributed by atoms with van der Waals surface area (Å²) < 4.78 is 5.10. The zero-order chi connectivity index (χ0) is 17.6. The first-order chi connectivity index (χ1) is 12.2. The minimum absolute atomic E-state index is 0.00954. The Morgan fingerprint density at radius 3 is 2.68 bits per heavy atom. The minimum Gasteiger partial charge on any atom is -0.497 e. The zero-order valence-electron chi connectivity index (χ0n) is 14.2. The van der Waals surface area contributed by atoms with E-state index in [2.05, 4.69) is 10.3 Å². The molecule has 0 atom stereocenters. The summed E-state index contributed by atoms with van der Waals surface area (Å²) in [5.41, 5.74) is 1.41. The highest BCUT2D eigenvalue weighted by molar-refractivity contribution is 6.04. The van der Waals surface area contributed by atoms with Crippen molar-refractivity contribution >= 4 is 17.5 Å². The van der Waals surface area contributed by atoms with Crippen molar-refractivity contribution in [3.05, 3.63) is 53.9 Å². The minimum atomic E-state index is -0.346. The second-order valence-corrected chi connectivity index (χ2v) is 5.97. The maximum atomic E-state index is 12.6. The van der Waals surface area contributed by atoms with E-state index in [9.17, 15) is 9.59 Å². The monoisotopic (exact) mass is 339 g/mol. The second kappa shape index (κ2) is 7.79.